The summed E-state index contributed by atoms with van der Waals surface area (Å²) in [5, 5.41) is 6.71. The van der Waals surface area contributed by atoms with Crippen LogP contribution in [0.1, 0.15) is 11.1 Å². The van der Waals surface area contributed by atoms with E-state index in [0.717, 1.165) is 49.5 Å². The minimum absolute atomic E-state index is 0.0252. The molecule has 1 N–H and O–H groups in total. The average Bonchev–Trinajstić information content (AvgIpc) is 3.21. The van der Waals surface area contributed by atoms with Gasteiger partial charge < -0.3 is 5.32 Å². The molecule has 1 aromatic heterocycles. The molecule has 4 rings (SSSR count). The van der Waals surface area contributed by atoms with E-state index in [0.29, 0.717) is 21.7 Å². The zero-order chi connectivity index (χ0) is 21.8. The minimum Gasteiger partial charge on any atom is -0.301 e. The number of carbonyl (C=O) groups excluding carboxylic acids is 1. The maximum Gasteiger partial charge on any atom is 0.240 e. The van der Waals surface area contributed by atoms with Gasteiger partial charge in [0.05, 0.1) is 22.3 Å². The number of carbonyl (C=O) groups is 1. The number of benzene rings is 2. The molecule has 1 aliphatic heterocycles. The van der Waals surface area contributed by atoms with Crippen molar-refractivity contribution >= 4 is 45.6 Å². The van der Waals surface area contributed by atoms with Crippen LogP contribution in [0.25, 0.3) is 11.3 Å². The Morgan fingerprint density at radius 2 is 1.74 bits per heavy atom. The van der Waals surface area contributed by atoms with Crippen LogP contribution in [0.2, 0.25) is 10.0 Å². The van der Waals surface area contributed by atoms with Gasteiger partial charge in [-0.25, -0.2) is 4.98 Å². The number of piperazine rings is 1. The first-order valence-electron chi connectivity index (χ1n) is 10.2. The number of thiazole rings is 1. The molecule has 0 radical (unpaired) electrons. The summed E-state index contributed by atoms with van der Waals surface area (Å²) in [6, 6.07) is 14.0. The molecule has 31 heavy (non-hydrogen) atoms. The second-order valence-corrected chi connectivity index (χ2v) is 9.43. The predicted molar refractivity (Wildman–Crippen MR) is 129 cm³/mol. The molecule has 0 saturated carbocycles. The van der Waals surface area contributed by atoms with Crippen molar-refractivity contribution in [2.45, 2.75) is 13.5 Å². The van der Waals surface area contributed by atoms with Gasteiger partial charge in [-0.3, -0.25) is 14.6 Å². The number of nitrogens with one attached hydrogen (secondary N) is 1. The number of aryl methyl sites for hydroxylation is 1. The van der Waals surface area contributed by atoms with Gasteiger partial charge in [-0.05, 0) is 24.6 Å². The Balaban J connectivity index is 1.24. The van der Waals surface area contributed by atoms with E-state index >= 15 is 0 Å². The SMILES string of the molecule is Cc1ccc(-c2csc(NC(=O)CN3CCN(Cc4ccc(Cl)c(Cl)c4)CC3)n2)cc1. The zero-order valence-electron chi connectivity index (χ0n) is 17.3. The Bertz CT molecular complexity index is 1050. The van der Waals surface area contributed by atoms with Gasteiger partial charge in [-0.15, -0.1) is 11.3 Å². The highest BCUT2D eigenvalue weighted by Gasteiger charge is 2.20. The van der Waals surface area contributed by atoms with E-state index in [1.54, 1.807) is 0 Å². The molecule has 3 aromatic rings. The van der Waals surface area contributed by atoms with Crippen LogP contribution in [0.5, 0.6) is 0 Å². The Kier molecular flexibility index (Phi) is 7.25. The molecule has 5 nitrogen and oxygen atoms in total. The van der Waals surface area contributed by atoms with Crippen molar-refractivity contribution in [3.63, 3.8) is 0 Å². The first kappa shape index (κ1) is 22.2. The number of halogens is 2. The van der Waals surface area contributed by atoms with Crippen molar-refractivity contribution in [3.8, 4) is 11.3 Å². The first-order chi connectivity index (χ1) is 15.0. The van der Waals surface area contributed by atoms with E-state index < -0.39 is 0 Å². The van der Waals surface area contributed by atoms with Gasteiger partial charge in [-0.1, -0.05) is 59.1 Å². The quantitative estimate of drug-likeness (QED) is 0.534. The summed E-state index contributed by atoms with van der Waals surface area (Å²) in [5.74, 6) is -0.0252. The van der Waals surface area contributed by atoms with Crippen molar-refractivity contribution in [1.82, 2.24) is 14.8 Å². The monoisotopic (exact) mass is 474 g/mol. The lowest BCUT2D eigenvalue weighted by Crippen LogP contribution is -2.48. The third-order valence-corrected chi connectivity index (χ3v) is 6.82. The molecule has 1 amide bonds. The number of anilines is 1. The average molecular weight is 475 g/mol. The largest absolute Gasteiger partial charge is 0.301 e. The van der Waals surface area contributed by atoms with Crippen LogP contribution in [0, 0.1) is 6.92 Å². The molecule has 8 heteroatoms. The Morgan fingerprint density at radius 1 is 1.03 bits per heavy atom. The number of hydrogen-bond donors (Lipinski definition) is 1. The van der Waals surface area contributed by atoms with E-state index in [1.807, 2.05) is 35.7 Å². The second kappa shape index (κ2) is 10.1. The molecule has 1 aliphatic rings. The smallest absolute Gasteiger partial charge is 0.240 e. The third-order valence-electron chi connectivity index (χ3n) is 5.32. The number of amides is 1. The van der Waals surface area contributed by atoms with E-state index in [2.05, 4.69) is 39.2 Å². The standard InChI is InChI=1S/C23H24Cl2N4OS/c1-16-2-5-18(6-3-16)21-15-31-23(26-21)27-22(30)14-29-10-8-28(9-11-29)13-17-4-7-19(24)20(25)12-17/h2-7,12,15H,8-11,13-14H2,1H3,(H,26,27,30). The zero-order valence-corrected chi connectivity index (χ0v) is 19.6. The molecular weight excluding hydrogens is 451 g/mol. The van der Waals surface area contributed by atoms with Crippen LogP contribution in [0.15, 0.2) is 47.8 Å². The first-order valence-corrected chi connectivity index (χ1v) is 11.8. The van der Waals surface area contributed by atoms with Crippen LogP contribution in [-0.4, -0.2) is 53.4 Å². The molecule has 0 aliphatic carbocycles. The number of nitrogens with zero attached hydrogens (tertiary/aromatic N) is 3. The lowest BCUT2D eigenvalue weighted by molar-refractivity contribution is -0.117. The molecule has 0 unspecified atom stereocenters. The van der Waals surface area contributed by atoms with Crippen LogP contribution in [-0.2, 0) is 11.3 Å². The van der Waals surface area contributed by atoms with Crippen molar-refractivity contribution in [2.24, 2.45) is 0 Å². The van der Waals surface area contributed by atoms with Crippen molar-refractivity contribution in [2.75, 3.05) is 38.0 Å². The van der Waals surface area contributed by atoms with Crippen LogP contribution in [0.4, 0.5) is 5.13 Å². The third kappa shape index (κ3) is 6.05. The highest BCUT2D eigenvalue weighted by molar-refractivity contribution is 7.14. The van der Waals surface area contributed by atoms with Gasteiger partial charge in [0.1, 0.15) is 0 Å². The van der Waals surface area contributed by atoms with Gasteiger partial charge in [0.15, 0.2) is 5.13 Å². The van der Waals surface area contributed by atoms with Crippen LogP contribution < -0.4 is 5.32 Å². The molecule has 2 aromatic carbocycles. The van der Waals surface area contributed by atoms with Gasteiger partial charge in [-0.2, -0.15) is 0 Å². The van der Waals surface area contributed by atoms with E-state index in [4.69, 9.17) is 23.2 Å². The molecule has 1 saturated heterocycles. The molecular formula is C23H24Cl2N4OS. The lowest BCUT2D eigenvalue weighted by Gasteiger charge is -2.34. The highest BCUT2D eigenvalue weighted by atomic mass is 35.5. The molecule has 162 valence electrons. The molecule has 0 bridgehead atoms. The van der Waals surface area contributed by atoms with Crippen molar-refractivity contribution < 1.29 is 4.79 Å². The maximum absolute atomic E-state index is 12.5. The van der Waals surface area contributed by atoms with Crippen LogP contribution in [0.3, 0.4) is 0 Å². The molecule has 0 atom stereocenters. The van der Waals surface area contributed by atoms with E-state index in [-0.39, 0.29) is 5.91 Å². The fourth-order valence-electron chi connectivity index (χ4n) is 3.55. The minimum atomic E-state index is -0.0252. The number of aromatic nitrogens is 1. The topological polar surface area (TPSA) is 48.5 Å². The second-order valence-electron chi connectivity index (χ2n) is 7.75. The summed E-state index contributed by atoms with van der Waals surface area (Å²) >= 11 is 13.6. The summed E-state index contributed by atoms with van der Waals surface area (Å²) < 4.78 is 0. The highest BCUT2D eigenvalue weighted by Crippen LogP contribution is 2.25. The summed E-state index contributed by atoms with van der Waals surface area (Å²) in [6.45, 7) is 6.77. The maximum atomic E-state index is 12.5. The van der Waals surface area contributed by atoms with Crippen molar-refractivity contribution in [1.29, 1.82) is 0 Å². The summed E-state index contributed by atoms with van der Waals surface area (Å²) in [6.07, 6.45) is 0. The van der Waals surface area contributed by atoms with E-state index in [9.17, 15) is 4.79 Å². The number of rotatable bonds is 6. The van der Waals surface area contributed by atoms with Gasteiger partial charge in [0.25, 0.3) is 0 Å². The predicted octanol–water partition coefficient (Wildman–Crippen LogP) is 5.18. The molecule has 0 spiro atoms. The molecule has 2 heterocycles. The van der Waals surface area contributed by atoms with Gasteiger partial charge in [0.2, 0.25) is 5.91 Å². The Labute approximate surface area is 196 Å². The normalized spacial score (nSPS) is 15.2. The summed E-state index contributed by atoms with van der Waals surface area (Å²) in [7, 11) is 0. The molecule has 1 fully saturated rings. The van der Waals surface area contributed by atoms with Crippen LogP contribution >= 0.6 is 34.5 Å². The Hall–Kier alpha value is -1.96. The number of hydrogen-bond acceptors (Lipinski definition) is 5. The summed E-state index contributed by atoms with van der Waals surface area (Å²) in [4.78, 5) is 21.6. The fourth-order valence-corrected chi connectivity index (χ4v) is 4.61. The Morgan fingerprint density at radius 3 is 2.45 bits per heavy atom. The fraction of sp³-hybridized carbons (Fsp3) is 0.304. The van der Waals surface area contributed by atoms with Gasteiger partial charge in [0, 0.05) is 43.7 Å². The van der Waals surface area contributed by atoms with Gasteiger partial charge >= 0.3 is 0 Å². The summed E-state index contributed by atoms with van der Waals surface area (Å²) in [5.41, 5.74) is 4.30. The van der Waals surface area contributed by atoms with Crippen molar-refractivity contribution in [3.05, 3.63) is 69.0 Å². The van der Waals surface area contributed by atoms with E-state index in [1.165, 1.54) is 16.9 Å². The lowest BCUT2D eigenvalue weighted by atomic mass is 10.1.